The van der Waals surface area contributed by atoms with Gasteiger partial charge in [-0.1, -0.05) is 48.9 Å². The minimum absolute atomic E-state index is 0.232. The van der Waals surface area contributed by atoms with E-state index < -0.39 is 0 Å². The van der Waals surface area contributed by atoms with Crippen LogP contribution in [0, 0.1) is 13.8 Å². The Balaban J connectivity index is 2.01. The van der Waals surface area contributed by atoms with Gasteiger partial charge in [0.05, 0.1) is 6.04 Å². The second kappa shape index (κ2) is 7.23. The second-order valence-electron chi connectivity index (χ2n) is 5.34. The summed E-state index contributed by atoms with van der Waals surface area (Å²) < 4.78 is 0. The first-order valence-electron chi connectivity index (χ1n) is 7.29. The maximum absolute atomic E-state index is 5.43. The van der Waals surface area contributed by atoms with E-state index in [2.05, 4.69) is 67.8 Å². The Bertz CT molecular complexity index is 605. The summed E-state index contributed by atoms with van der Waals surface area (Å²) in [4.78, 5) is 0. The third-order valence-electron chi connectivity index (χ3n) is 3.47. The fourth-order valence-corrected chi connectivity index (χ4v) is 2.53. The monoisotopic (exact) mass is 298 g/mol. The molecule has 0 radical (unpaired) electrons. The molecule has 0 fully saturated rings. The maximum Gasteiger partial charge on any atom is 0.171 e. The lowest BCUT2D eigenvalue weighted by Crippen LogP contribution is -2.32. The first kappa shape index (κ1) is 15.5. The van der Waals surface area contributed by atoms with E-state index in [1.165, 1.54) is 16.7 Å². The molecule has 110 valence electrons. The van der Waals surface area contributed by atoms with Crippen molar-refractivity contribution in [1.29, 1.82) is 0 Å². The zero-order valence-electron chi connectivity index (χ0n) is 12.8. The zero-order valence-corrected chi connectivity index (χ0v) is 13.6. The number of anilines is 1. The van der Waals surface area contributed by atoms with Crippen molar-refractivity contribution in [2.45, 2.75) is 33.2 Å². The van der Waals surface area contributed by atoms with Gasteiger partial charge in [0.2, 0.25) is 0 Å². The third kappa shape index (κ3) is 4.57. The number of aryl methyl sites for hydroxylation is 2. The van der Waals surface area contributed by atoms with Gasteiger partial charge < -0.3 is 10.6 Å². The molecule has 0 spiro atoms. The highest BCUT2D eigenvalue weighted by atomic mass is 32.1. The summed E-state index contributed by atoms with van der Waals surface area (Å²) >= 11 is 5.43. The van der Waals surface area contributed by atoms with E-state index >= 15 is 0 Å². The van der Waals surface area contributed by atoms with Crippen LogP contribution in [0.2, 0.25) is 0 Å². The van der Waals surface area contributed by atoms with Gasteiger partial charge in [-0.3, -0.25) is 0 Å². The largest absolute Gasteiger partial charge is 0.356 e. The van der Waals surface area contributed by atoms with Crippen LogP contribution in [0.25, 0.3) is 0 Å². The number of hydrogen-bond acceptors (Lipinski definition) is 1. The highest BCUT2D eigenvalue weighted by Gasteiger charge is 2.10. The molecular weight excluding hydrogens is 276 g/mol. The van der Waals surface area contributed by atoms with Crippen molar-refractivity contribution in [3.8, 4) is 0 Å². The van der Waals surface area contributed by atoms with Gasteiger partial charge in [0.25, 0.3) is 0 Å². The SMILES string of the molecule is CC[C@H](NC(=S)Nc1cccc(C)c1)c1ccc(C)cc1. The molecule has 0 saturated heterocycles. The highest BCUT2D eigenvalue weighted by Crippen LogP contribution is 2.17. The molecule has 2 nitrogen and oxygen atoms in total. The smallest absolute Gasteiger partial charge is 0.171 e. The molecule has 2 rings (SSSR count). The lowest BCUT2D eigenvalue weighted by molar-refractivity contribution is 0.629. The van der Waals surface area contributed by atoms with Crippen molar-refractivity contribution in [3.63, 3.8) is 0 Å². The van der Waals surface area contributed by atoms with E-state index in [4.69, 9.17) is 12.2 Å². The number of hydrogen-bond donors (Lipinski definition) is 2. The predicted molar refractivity (Wildman–Crippen MR) is 94.7 cm³/mol. The predicted octanol–water partition coefficient (Wildman–Crippen LogP) is 4.74. The molecule has 0 aromatic heterocycles. The summed E-state index contributed by atoms with van der Waals surface area (Å²) in [6, 6.07) is 17.0. The molecule has 1 atom stereocenters. The molecule has 0 saturated carbocycles. The van der Waals surface area contributed by atoms with Crippen LogP contribution < -0.4 is 10.6 Å². The molecule has 0 aliphatic rings. The van der Waals surface area contributed by atoms with Gasteiger partial charge in [0.15, 0.2) is 5.11 Å². The molecule has 0 bridgehead atoms. The molecule has 0 aliphatic heterocycles. The Kier molecular flexibility index (Phi) is 5.34. The third-order valence-corrected chi connectivity index (χ3v) is 3.69. The van der Waals surface area contributed by atoms with Gasteiger partial charge >= 0.3 is 0 Å². The molecule has 2 aromatic rings. The molecule has 0 amide bonds. The maximum atomic E-state index is 5.43. The molecular formula is C18H22N2S. The van der Waals surface area contributed by atoms with Crippen LogP contribution in [0.3, 0.4) is 0 Å². The molecule has 2 N–H and O–H groups in total. The van der Waals surface area contributed by atoms with Crippen molar-refractivity contribution in [3.05, 3.63) is 65.2 Å². The van der Waals surface area contributed by atoms with Crippen molar-refractivity contribution in [1.82, 2.24) is 5.32 Å². The average molecular weight is 298 g/mol. The zero-order chi connectivity index (χ0) is 15.2. The normalized spacial score (nSPS) is 11.8. The lowest BCUT2D eigenvalue weighted by Gasteiger charge is -2.20. The summed E-state index contributed by atoms with van der Waals surface area (Å²) in [6.45, 7) is 6.33. The molecule has 21 heavy (non-hydrogen) atoms. The van der Waals surface area contributed by atoms with Crippen LogP contribution in [0.4, 0.5) is 5.69 Å². The summed E-state index contributed by atoms with van der Waals surface area (Å²) in [7, 11) is 0. The fourth-order valence-electron chi connectivity index (χ4n) is 2.27. The van der Waals surface area contributed by atoms with E-state index in [1.54, 1.807) is 0 Å². The Morgan fingerprint density at radius 1 is 1.05 bits per heavy atom. The number of benzene rings is 2. The van der Waals surface area contributed by atoms with Crippen LogP contribution in [-0.2, 0) is 0 Å². The van der Waals surface area contributed by atoms with Gasteiger partial charge in [-0.2, -0.15) is 0 Å². The molecule has 0 unspecified atom stereocenters. The highest BCUT2D eigenvalue weighted by molar-refractivity contribution is 7.80. The van der Waals surface area contributed by atoms with Gasteiger partial charge in [-0.25, -0.2) is 0 Å². The first-order chi connectivity index (χ1) is 10.1. The first-order valence-corrected chi connectivity index (χ1v) is 7.70. The Hall–Kier alpha value is -1.87. The van der Waals surface area contributed by atoms with E-state index in [1.807, 2.05) is 12.1 Å². The van der Waals surface area contributed by atoms with E-state index in [0.717, 1.165) is 12.1 Å². The van der Waals surface area contributed by atoms with E-state index in [0.29, 0.717) is 5.11 Å². The topological polar surface area (TPSA) is 24.1 Å². The van der Waals surface area contributed by atoms with Crippen LogP contribution in [0.15, 0.2) is 48.5 Å². The Morgan fingerprint density at radius 2 is 1.76 bits per heavy atom. The average Bonchev–Trinajstić information content (AvgIpc) is 2.46. The van der Waals surface area contributed by atoms with Crippen molar-refractivity contribution < 1.29 is 0 Å². The quantitative estimate of drug-likeness (QED) is 0.797. The summed E-state index contributed by atoms with van der Waals surface area (Å²) in [5.41, 5.74) is 4.77. The van der Waals surface area contributed by atoms with Gasteiger partial charge in [0.1, 0.15) is 0 Å². The minimum atomic E-state index is 0.232. The molecule has 3 heteroatoms. The minimum Gasteiger partial charge on any atom is -0.356 e. The van der Waals surface area contributed by atoms with Gasteiger partial charge in [0, 0.05) is 5.69 Å². The molecule has 0 heterocycles. The Labute approximate surface area is 132 Å². The summed E-state index contributed by atoms with van der Waals surface area (Å²) in [5.74, 6) is 0. The molecule has 2 aromatic carbocycles. The number of thiocarbonyl (C=S) groups is 1. The van der Waals surface area contributed by atoms with Crippen LogP contribution in [0.1, 0.15) is 36.1 Å². The van der Waals surface area contributed by atoms with Crippen LogP contribution in [-0.4, -0.2) is 5.11 Å². The lowest BCUT2D eigenvalue weighted by atomic mass is 10.0. The van der Waals surface area contributed by atoms with Crippen LogP contribution in [0.5, 0.6) is 0 Å². The van der Waals surface area contributed by atoms with Gasteiger partial charge in [-0.05, 0) is 55.7 Å². The second-order valence-corrected chi connectivity index (χ2v) is 5.75. The van der Waals surface area contributed by atoms with Crippen molar-refractivity contribution >= 4 is 23.0 Å². The van der Waals surface area contributed by atoms with Crippen molar-refractivity contribution in [2.24, 2.45) is 0 Å². The number of nitrogens with one attached hydrogen (secondary N) is 2. The van der Waals surface area contributed by atoms with Crippen molar-refractivity contribution in [2.75, 3.05) is 5.32 Å². The molecule has 0 aliphatic carbocycles. The summed E-state index contributed by atoms with van der Waals surface area (Å²) in [6.07, 6.45) is 0.985. The standard InChI is InChI=1S/C18H22N2S/c1-4-17(15-10-8-13(2)9-11-15)20-18(21)19-16-7-5-6-14(3)12-16/h5-12,17H,4H2,1-3H3,(H2,19,20,21)/t17-/m0/s1. The van der Waals surface area contributed by atoms with Crippen LogP contribution >= 0.6 is 12.2 Å². The van der Waals surface area contributed by atoms with E-state index in [9.17, 15) is 0 Å². The number of rotatable bonds is 4. The Morgan fingerprint density at radius 3 is 2.38 bits per heavy atom. The van der Waals surface area contributed by atoms with Gasteiger partial charge in [-0.15, -0.1) is 0 Å². The fraction of sp³-hybridized carbons (Fsp3) is 0.278. The summed E-state index contributed by atoms with van der Waals surface area (Å²) in [5, 5.41) is 7.30. The van der Waals surface area contributed by atoms with E-state index in [-0.39, 0.29) is 6.04 Å².